The Bertz CT molecular complexity index is 443. The van der Waals surface area contributed by atoms with E-state index in [0.29, 0.717) is 12.1 Å². The van der Waals surface area contributed by atoms with E-state index in [2.05, 4.69) is 0 Å². The van der Waals surface area contributed by atoms with E-state index in [1.807, 2.05) is 0 Å². The van der Waals surface area contributed by atoms with Crippen LogP contribution in [0, 0.1) is 11.6 Å². The van der Waals surface area contributed by atoms with E-state index in [9.17, 15) is 8.78 Å². The second-order valence-electron chi connectivity index (χ2n) is 4.97. The molecule has 1 aliphatic carbocycles. The molecule has 0 spiro atoms. The minimum absolute atomic E-state index is 0.0469. The maximum Gasteiger partial charge on any atom is 0.168 e. The molecule has 0 aliphatic heterocycles. The first-order chi connectivity index (χ1) is 9.09. The highest BCUT2D eigenvalue weighted by atomic mass is 19.1. The highest BCUT2D eigenvalue weighted by molar-refractivity contribution is 5.52. The van der Waals surface area contributed by atoms with Crippen LogP contribution in [0.3, 0.4) is 0 Å². The number of hydrogen-bond acceptors (Lipinski definition) is 3. The lowest BCUT2D eigenvalue weighted by Gasteiger charge is -2.31. The van der Waals surface area contributed by atoms with Crippen molar-refractivity contribution in [1.29, 1.82) is 0 Å². The topological polar surface area (TPSA) is 44.5 Å². The zero-order valence-electron chi connectivity index (χ0n) is 11.3. The first kappa shape index (κ1) is 14.1. The van der Waals surface area contributed by atoms with Gasteiger partial charge in [0.1, 0.15) is 0 Å². The lowest BCUT2D eigenvalue weighted by Crippen LogP contribution is -2.33. The van der Waals surface area contributed by atoms with Gasteiger partial charge >= 0.3 is 0 Å². The summed E-state index contributed by atoms with van der Waals surface area (Å²) >= 11 is 0. The van der Waals surface area contributed by atoms with Gasteiger partial charge in [-0.05, 0) is 12.8 Å². The van der Waals surface area contributed by atoms with Gasteiger partial charge in [-0.3, -0.25) is 0 Å². The Hall–Kier alpha value is -1.36. The maximum atomic E-state index is 13.9. The Kier molecular flexibility index (Phi) is 3.94. The first-order valence-electron chi connectivity index (χ1n) is 6.40. The second-order valence-corrected chi connectivity index (χ2v) is 4.97. The molecule has 106 valence electrons. The number of benzene rings is 1. The van der Waals surface area contributed by atoms with Gasteiger partial charge in [0.25, 0.3) is 0 Å². The quantitative estimate of drug-likeness (QED) is 0.915. The zero-order valence-corrected chi connectivity index (χ0v) is 11.3. The smallest absolute Gasteiger partial charge is 0.168 e. The molecule has 2 N–H and O–H groups in total. The van der Waals surface area contributed by atoms with Crippen molar-refractivity contribution in [3.63, 3.8) is 0 Å². The summed E-state index contributed by atoms with van der Waals surface area (Å²) in [5.41, 5.74) is 5.87. The Morgan fingerprint density at radius 3 is 1.95 bits per heavy atom. The molecule has 0 atom stereocenters. The van der Waals surface area contributed by atoms with Gasteiger partial charge in [-0.2, -0.15) is 0 Å². The molecular formula is C14H19F2NO2. The first-order valence-corrected chi connectivity index (χ1v) is 6.40. The van der Waals surface area contributed by atoms with Crippen LogP contribution >= 0.6 is 0 Å². The van der Waals surface area contributed by atoms with Crippen LogP contribution in [0.4, 0.5) is 8.78 Å². The fraction of sp³-hybridized carbons (Fsp3) is 0.571. The van der Waals surface area contributed by atoms with Gasteiger partial charge < -0.3 is 15.2 Å². The van der Waals surface area contributed by atoms with Crippen LogP contribution in [-0.2, 0) is 5.41 Å². The monoisotopic (exact) mass is 271 g/mol. The van der Waals surface area contributed by atoms with Crippen molar-refractivity contribution < 1.29 is 18.3 Å². The molecule has 3 nitrogen and oxygen atoms in total. The van der Waals surface area contributed by atoms with Gasteiger partial charge in [0.2, 0.25) is 0 Å². The van der Waals surface area contributed by atoms with Crippen LogP contribution in [0.25, 0.3) is 0 Å². The lowest BCUT2D eigenvalue weighted by atomic mass is 9.77. The van der Waals surface area contributed by atoms with E-state index >= 15 is 0 Å². The van der Waals surface area contributed by atoms with Crippen molar-refractivity contribution in [3.05, 3.63) is 23.3 Å². The fourth-order valence-electron chi connectivity index (χ4n) is 3.07. The molecule has 1 aromatic rings. The molecule has 5 heteroatoms. The third-order valence-electron chi connectivity index (χ3n) is 4.03. The summed E-state index contributed by atoms with van der Waals surface area (Å²) in [5.74, 6) is -1.33. The van der Waals surface area contributed by atoms with Crippen molar-refractivity contribution in [3.8, 4) is 11.5 Å². The fourth-order valence-corrected chi connectivity index (χ4v) is 3.07. The third kappa shape index (κ3) is 2.16. The molecule has 0 heterocycles. The molecule has 1 saturated carbocycles. The molecule has 1 aromatic carbocycles. The normalized spacial score (nSPS) is 17.5. The number of ether oxygens (including phenoxy) is 2. The molecular weight excluding hydrogens is 252 g/mol. The number of nitrogens with two attached hydrogens (primary N) is 1. The Morgan fingerprint density at radius 1 is 1.11 bits per heavy atom. The van der Waals surface area contributed by atoms with E-state index in [1.54, 1.807) is 0 Å². The summed E-state index contributed by atoms with van der Waals surface area (Å²) in [4.78, 5) is 0. The van der Waals surface area contributed by atoms with Crippen molar-refractivity contribution in [2.75, 3.05) is 20.8 Å². The van der Waals surface area contributed by atoms with Crippen LogP contribution < -0.4 is 15.2 Å². The Morgan fingerprint density at radius 2 is 1.58 bits per heavy atom. The van der Waals surface area contributed by atoms with Crippen molar-refractivity contribution in [2.24, 2.45) is 5.73 Å². The van der Waals surface area contributed by atoms with E-state index in [1.165, 1.54) is 14.2 Å². The van der Waals surface area contributed by atoms with Gasteiger partial charge in [0, 0.05) is 23.6 Å². The average Bonchev–Trinajstić information content (AvgIpc) is 2.87. The predicted octanol–water partition coefficient (Wildman–Crippen LogP) is 2.75. The molecule has 0 unspecified atom stereocenters. The number of hydrogen-bond donors (Lipinski definition) is 1. The number of halogens is 2. The van der Waals surface area contributed by atoms with E-state index in [4.69, 9.17) is 15.2 Å². The molecule has 0 radical (unpaired) electrons. The Labute approximate surface area is 111 Å². The van der Waals surface area contributed by atoms with Crippen LogP contribution in [0.1, 0.15) is 31.2 Å². The maximum absolute atomic E-state index is 13.9. The van der Waals surface area contributed by atoms with Crippen LogP contribution in [0.15, 0.2) is 6.07 Å². The van der Waals surface area contributed by atoms with E-state index < -0.39 is 17.0 Å². The molecule has 19 heavy (non-hydrogen) atoms. The minimum atomic E-state index is -0.712. The molecule has 0 amide bonds. The Balaban J connectivity index is 2.71. The standard InChI is InChI=1S/C14H19F2NO2/c1-18-12-9(15)7-10(16)13(19-2)11(12)14(8-17)5-3-4-6-14/h7H,3-6,8,17H2,1-2H3. The van der Waals surface area contributed by atoms with Gasteiger partial charge in [-0.15, -0.1) is 0 Å². The number of rotatable bonds is 4. The lowest BCUT2D eigenvalue weighted by molar-refractivity contribution is 0.319. The van der Waals surface area contributed by atoms with Gasteiger partial charge in [-0.1, -0.05) is 12.8 Å². The second kappa shape index (κ2) is 5.33. The largest absolute Gasteiger partial charge is 0.493 e. The summed E-state index contributed by atoms with van der Waals surface area (Å²) in [6.07, 6.45) is 3.56. The summed E-state index contributed by atoms with van der Waals surface area (Å²) in [6.45, 7) is 0.322. The molecule has 0 aromatic heterocycles. The summed E-state index contributed by atoms with van der Waals surface area (Å²) < 4.78 is 38.1. The molecule has 1 fully saturated rings. The molecule has 2 rings (SSSR count). The SMILES string of the molecule is COc1c(F)cc(F)c(OC)c1C1(CN)CCCC1. The summed E-state index contributed by atoms with van der Waals surface area (Å²) in [6, 6.07) is 0.792. The third-order valence-corrected chi connectivity index (χ3v) is 4.03. The molecule has 0 saturated heterocycles. The zero-order chi connectivity index (χ0) is 14.0. The summed E-state index contributed by atoms with van der Waals surface area (Å²) in [7, 11) is 2.75. The van der Waals surface area contributed by atoms with Crippen molar-refractivity contribution >= 4 is 0 Å². The number of methoxy groups -OCH3 is 2. The predicted molar refractivity (Wildman–Crippen MR) is 68.7 cm³/mol. The van der Waals surface area contributed by atoms with E-state index in [0.717, 1.165) is 31.7 Å². The highest BCUT2D eigenvalue weighted by Crippen LogP contribution is 2.49. The average molecular weight is 271 g/mol. The van der Waals surface area contributed by atoms with Gasteiger partial charge in [0.15, 0.2) is 23.1 Å². The van der Waals surface area contributed by atoms with Crippen LogP contribution in [-0.4, -0.2) is 20.8 Å². The van der Waals surface area contributed by atoms with Gasteiger partial charge in [-0.25, -0.2) is 8.78 Å². The van der Waals surface area contributed by atoms with Crippen molar-refractivity contribution in [1.82, 2.24) is 0 Å². The highest BCUT2D eigenvalue weighted by Gasteiger charge is 2.41. The minimum Gasteiger partial charge on any atom is -0.493 e. The summed E-state index contributed by atoms with van der Waals surface area (Å²) in [5, 5.41) is 0. The molecule has 1 aliphatic rings. The van der Waals surface area contributed by atoms with Crippen LogP contribution in [0.5, 0.6) is 11.5 Å². The molecule has 0 bridgehead atoms. The van der Waals surface area contributed by atoms with Gasteiger partial charge in [0.05, 0.1) is 14.2 Å². The van der Waals surface area contributed by atoms with Crippen molar-refractivity contribution in [2.45, 2.75) is 31.1 Å². The van der Waals surface area contributed by atoms with E-state index in [-0.39, 0.29) is 11.5 Å². The van der Waals surface area contributed by atoms with Crippen LogP contribution in [0.2, 0.25) is 0 Å².